The van der Waals surface area contributed by atoms with Gasteiger partial charge in [0.05, 0.1) is 6.33 Å². The SMILES string of the molecule is Cn1cnc(S(=O)(=O)NCc2cccnc2)c1Cl. The van der Waals surface area contributed by atoms with E-state index in [1.807, 2.05) is 0 Å². The number of aromatic nitrogens is 3. The van der Waals surface area contributed by atoms with Gasteiger partial charge in [0.1, 0.15) is 5.15 Å². The lowest BCUT2D eigenvalue weighted by Gasteiger charge is -2.04. The maximum atomic E-state index is 11.9. The van der Waals surface area contributed by atoms with Crippen LogP contribution in [0.4, 0.5) is 0 Å². The fourth-order valence-corrected chi connectivity index (χ4v) is 2.77. The first-order valence-corrected chi connectivity index (χ1v) is 6.92. The highest BCUT2D eigenvalue weighted by molar-refractivity contribution is 7.89. The minimum Gasteiger partial charge on any atom is -0.324 e. The molecule has 18 heavy (non-hydrogen) atoms. The average Bonchev–Trinajstić information content (AvgIpc) is 2.70. The summed E-state index contributed by atoms with van der Waals surface area (Å²) in [5.41, 5.74) is 0.758. The molecular weight excluding hydrogens is 276 g/mol. The number of rotatable bonds is 4. The number of nitrogens with zero attached hydrogens (tertiary/aromatic N) is 3. The predicted molar refractivity (Wildman–Crippen MR) is 66.5 cm³/mol. The maximum Gasteiger partial charge on any atom is 0.261 e. The Morgan fingerprint density at radius 2 is 2.28 bits per heavy atom. The highest BCUT2D eigenvalue weighted by Crippen LogP contribution is 2.18. The summed E-state index contributed by atoms with van der Waals surface area (Å²) in [4.78, 5) is 7.66. The molecular formula is C10H11ClN4O2S. The lowest BCUT2D eigenvalue weighted by atomic mass is 10.3. The molecule has 0 aliphatic rings. The summed E-state index contributed by atoms with van der Waals surface area (Å²) in [6.45, 7) is 0.142. The molecule has 6 nitrogen and oxygen atoms in total. The summed E-state index contributed by atoms with van der Waals surface area (Å²) < 4.78 is 27.7. The van der Waals surface area contributed by atoms with Gasteiger partial charge in [-0.2, -0.15) is 0 Å². The third-order valence-corrected chi connectivity index (χ3v) is 4.17. The number of pyridine rings is 1. The van der Waals surface area contributed by atoms with Crippen LogP contribution < -0.4 is 4.72 Å². The van der Waals surface area contributed by atoms with Crippen molar-refractivity contribution in [3.8, 4) is 0 Å². The van der Waals surface area contributed by atoms with E-state index in [0.29, 0.717) is 0 Å². The molecule has 0 aliphatic carbocycles. The fraction of sp³-hybridized carbons (Fsp3) is 0.200. The predicted octanol–water partition coefficient (Wildman–Crippen LogP) is 0.947. The number of hydrogen-bond acceptors (Lipinski definition) is 4. The number of hydrogen-bond donors (Lipinski definition) is 1. The topological polar surface area (TPSA) is 76.9 Å². The largest absolute Gasteiger partial charge is 0.324 e. The van der Waals surface area contributed by atoms with E-state index in [9.17, 15) is 8.42 Å². The summed E-state index contributed by atoms with van der Waals surface area (Å²) in [5, 5.41) is -0.0933. The highest BCUT2D eigenvalue weighted by atomic mass is 35.5. The fourth-order valence-electron chi connectivity index (χ4n) is 1.32. The van der Waals surface area contributed by atoms with Gasteiger partial charge in [0.15, 0.2) is 0 Å². The van der Waals surface area contributed by atoms with Crippen LogP contribution in [0, 0.1) is 0 Å². The van der Waals surface area contributed by atoms with Crippen molar-refractivity contribution in [1.29, 1.82) is 0 Å². The van der Waals surface area contributed by atoms with E-state index in [2.05, 4.69) is 14.7 Å². The van der Waals surface area contributed by atoms with E-state index >= 15 is 0 Å². The first-order valence-electron chi connectivity index (χ1n) is 5.06. The van der Waals surface area contributed by atoms with E-state index in [1.54, 1.807) is 31.6 Å². The van der Waals surface area contributed by atoms with Crippen LogP contribution in [0.15, 0.2) is 35.9 Å². The van der Waals surface area contributed by atoms with Gasteiger partial charge in [-0.15, -0.1) is 0 Å². The molecule has 2 rings (SSSR count). The Hall–Kier alpha value is -1.44. The molecule has 0 radical (unpaired) electrons. The molecule has 2 heterocycles. The summed E-state index contributed by atoms with van der Waals surface area (Å²) in [6.07, 6.45) is 4.55. The normalized spacial score (nSPS) is 11.7. The lowest BCUT2D eigenvalue weighted by molar-refractivity contribution is 0.578. The number of sulfonamides is 1. The Balaban J connectivity index is 2.16. The molecule has 8 heteroatoms. The van der Waals surface area contributed by atoms with Crippen molar-refractivity contribution in [2.24, 2.45) is 7.05 Å². The summed E-state index contributed by atoms with van der Waals surface area (Å²) >= 11 is 5.84. The van der Waals surface area contributed by atoms with Crippen LogP contribution in [-0.2, 0) is 23.6 Å². The first-order chi connectivity index (χ1) is 8.50. The monoisotopic (exact) mass is 286 g/mol. The third-order valence-electron chi connectivity index (χ3n) is 2.28. The molecule has 0 aromatic carbocycles. The third kappa shape index (κ3) is 2.69. The lowest BCUT2D eigenvalue weighted by Crippen LogP contribution is -2.24. The Morgan fingerprint density at radius 1 is 1.50 bits per heavy atom. The minimum atomic E-state index is -3.71. The second-order valence-electron chi connectivity index (χ2n) is 3.64. The van der Waals surface area contributed by atoms with Crippen LogP contribution in [-0.4, -0.2) is 23.0 Å². The van der Waals surface area contributed by atoms with E-state index in [4.69, 9.17) is 11.6 Å². The smallest absolute Gasteiger partial charge is 0.261 e. The van der Waals surface area contributed by atoms with E-state index in [1.165, 1.54) is 10.9 Å². The van der Waals surface area contributed by atoms with Crippen molar-refractivity contribution in [2.75, 3.05) is 0 Å². The zero-order valence-electron chi connectivity index (χ0n) is 9.54. The minimum absolute atomic E-state index is 0.0775. The van der Waals surface area contributed by atoms with Gasteiger partial charge in [-0.05, 0) is 11.6 Å². The quantitative estimate of drug-likeness (QED) is 0.908. The second kappa shape index (κ2) is 5.05. The van der Waals surface area contributed by atoms with E-state index < -0.39 is 10.0 Å². The van der Waals surface area contributed by atoms with E-state index in [0.717, 1.165) is 5.56 Å². The number of halogens is 1. The van der Waals surface area contributed by atoms with Gasteiger partial charge >= 0.3 is 0 Å². The summed E-state index contributed by atoms with van der Waals surface area (Å²) in [6, 6.07) is 3.51. The summed E-state index contributed by atoms with van der Waals surface area (Å²) in [7, 11) is -2.09. The Morgan fingerprint density at radius 3 is 2.83 bits per heavy atom. The van der Waals surface area contributed by atoms with Crippen LogP contribution in [0.2, 0.25) is 5.15 Å². The molecule has 96 valence electrons. The molecule has 1 N–H and O–H groups in total. The molecule has 0 unspecified atom stereocenters. The van der Waals surface area contributed by atoms with E-state index in [-0.39, 0.29) is 16.7 Å². The Kier molecular flexibility index (Phi) is 3.65. The van der Waals surface area contributed by atoms with Gasteiger partial charge in [-0.3, -0.25) is 4.98 Å². The first kappa shape index (κ1) is 13.0. The van der Waals surface area contributed by atoms with Gasteiger partial charge in [0.2, 0.25) is 5.03 Å². The second-order valence-corrected chi connectivity index (χ2v) is 5.68. The molecule has 2 aromatic heterocycles. The van der Waals surface area contributed by atoms with Crippen LogP contribution in [0.5, 0.6) is 0 Å². The highest BCUT2D eigenvalue weighted by Gasteiger charge is 2.21. The molecule has 0 atom stereocenters. The van der Waals surface area contributed by atoms with Gasteiger partial charge in [0, 0.05) is 26.0 Å². The van der Waals surface area contributed by atoms with Gasteiger partial charge in [-0.1, -0.05) is 17.7 Å². The van der Waals surface area contributed by atoms with Gasteiger partial charge < -0.3 is 4.57 Å². The van der Waals surface area contributed by atoms with Crippen molar-refractivity contribution in [1.82, 2.24) is 19.3 Å². The molecule has 0 saturated carbocycles. The molecule has 0 amide bonds. The molecule has 0 saturated heterocycles. The van der Waals surface area contributed by atoms with Crippen molar-refractivity contribution in [3.63, 3.8) is 0 Å². The number of imidazole rings is 1. The number of aryl methyl sites for hydroxylation is 1. The molecule has 0 fully saturated rings. The molecule has 2 aromatic rings. The zero-order valence-corrected chi connectivity index (χ0v) is 11.1. The molecule has 0 spiro atoms. The summed E-state index contributed by atoms with van der Waals surface area (Å²) in [5.74, 6) is 0. The van der Waals surface area contributed by atoms with Crippen molar-refractivity contribution >= 4 is 21.6 Å². The van der Waals surface area contributed by atoms with Crippen molar-refractivity contribution in [2.45, 2.75) is 11.6 Å². The Labute approximate surface area is 110 Å². The number of nitrogens with one attached hydrogen (secondary N) is 1. The van der Waals surface area contributed by atoms with Crippen molar-refractivity contribution < 1.29 is 8.42 Å². The van der Waals surface area contributed by atoms with Gasteiger partial charge in [0.25, 0.3) is 10.0 Å². The molecule has 0 bridgehead atoms. The zero-order chi connectivity index (χ0) is 13.2. The standard InChI is InChI=1S/C10H11ClN4O2S/c1-15-7-13-10(9(15)11)18(16,17)14-6-8-3-2-4-12-5-8/h2-5,7,14H,6H2,1H3. The van der Waals surface area contributed by atoms with Crippen molar-refractivity contribution in [3.05, 3.63) is 41.6 Å². The van der Waals surface area contributed by atoms with Crippen LogP contribution >= 0.6 is 11.6 Å². The van der Waals surface area contributed by atoms with Crippen LogP contribution in [0.25, 0.3) is 0 Å². The average molecular weight is 287 g/mol. The maximum absolute atomic E-state index is 11.9. The molecule has 0 aliphatic heterocycles. The van der Waals surface area contributed by atoms with Crippen LogP contribution in [0.3, 0.4) is 0 Å². The van der Waals surface area contributed by atoms with Crippen LogP contribution in [0.1, 0.15) is 5.56 Å². The Bertz CT molecular complexity index is 639. The van der Waals surface area contributed by atoms with Gasteiger partial charge in [-0.25, -0.2) is 18.1 Å².